The summed E-state index contributed by atoms with van der Waals surface area (Å²) in [5.41, 5.74) is -0.0269. The Labute approximate surface area is 371 Å². The maximum atomic E-state index is 13.2. The van der Waals surface area contributed by atoms with Crippen LogP contribution in [0.1, 0.15) is 113 Å². The molecule has 0 aromatic rings. The van der Waals surface area contributed by atoms with Gasteiger partial charge in [-0.2, -0.15) is 0 Å². The third kappa shape index (κ3) is 7.33. The van der Waals surface area contributed by atoms with E-state index in [0.717, 1.165) is 44.9 Å². The molecule has 0 radical (unpaired) electrons. The lowest BCUT2D eigenvalue weighted by Gasteiger charge is -2.71. The first-order chi connectivity index (χ1) is 29.5. The molecule has 63 heavy (non-hydrogen) atoms. The number of aliphatic hydroxyl groups is 8. The SMILES string of the molecule is C[C@H]1[C@H](C)CC[C@]2(C(=O)O)CC[C@]3(C)C(=CC[C@@H]4[C@@]5(C)CC[C@H](O[C@@H]6OC[C@H](O)[C@H](O[C@@H]7O[C@H](CO)[C@@H](O)[C@H](O)[C@H]7O)[C@H]6O[C@@H]6O[C@@H](C)[C@H](O)[C@@H](O)[C@H]6O)C(C)(C)[C@@H]5CC[C@]43C)[C@H]12. The van der Waals surface area contributed by atoms with Crippen LogP contribution in [-0.4, -0.2) is 157 Å². The molecule has 0 aromatic heterocycles. The summed E-state index contributed by atoms with van der Waals surface area (Å²) >= 11 is 0. The van der Waals surface area contributed by atoms with Gasteiger partial charge in [-0.3, -0.25) is 4.79 Å². The number of fused-ring (bicyclic) bond motifs is 7. The summed E-state index contributed by atoms with van der Waals surface area (Å²) in [4.78, 5) is 13.2. The fourth-order valence-corrected chi connectivity index (χ4v) is 15.0. The number of carboxylic acids is 1. The Morgan fingerprint density at radius 3 is 2.03 bits per heavy atom. The number of carbonyl (C=O) groups is 1. The van der Waals surface area contributed by atoms with Gasteiger partial charge in [0, 0.05) is 0 Å². The third-order valence-corrected chi connectivity index (χ3v) is 19.3. The van der Waals surface area contributed by atoms with E-state index >= 15 is 0 Å². The number of aliphatic hydroxyl groups excluding tert-OH is 8. The van der Waals surface area contributed by atoms with Crippen molar-refractivity contribution in [2.75, 3.05) is 13.2 Å². The Balaban J connectivity index is 1.07. The van der Waals surface area contributed by atoms with Gasteiger partial charge in [-0.15, -0.1) is 0 Å². The third-order valence-electron chi connectivity index (χ3n) is 19.3. The zero-order chi connectivity index (χ0) is 45.9. The van der Waals surface area contributed by atoms with Crippen molar-refractivity contribution >= 4 is 5.97 Å². The average Bonchev–Trinajstić information content (AvgIpc) is 3.23. The molecule has 16 nitrogen and oxygen atoms in total. The topological polar surface area (TPSA) is 255 Å². The van der Waals surface area contributed by atoms with Gasteiger partial charge < -0.3 is 74.4 Å². The molecule has 24 atom stereocenters. The Bertz CT molecular complexity index is 1710. The highest BCUT2D eigenvalue weighted by Crippen LogP contribution is 2.76. The van der Waals surface area contributed by atoms with E-state index in [1.54, 1.807) is 0 Å². The molecule has 0 spiro atoms. The van der Waals surface area contributed by atoms with Crippen LogP contribution in [0.4, 0.5) is 0 Å². The standard InChI is InChI=1S/C47H76O16/c1-21-11-16-47(42(56)57)18-17-45(7)24(30(47)22(21)2)9-10-28-44(6)14-13-29(43(4,5)27(44)12-15-46(28,45)8)61-41-38(63-39-35(54)33(52)31(50)23(3)59-39)37(25(49)20-58-41)62-40-36(55)34(53)32(51)26(19-48)60-40/h9,21-23,25-41,48-55H,10-20H2,1-8H3,(H,56,57)/t21-,22+,23+,25+,26-,27+,28-,29+,30+,31+,32-,33-,34+,35-,36-,37+,38-,39+,40+,41+,44+,45-,46-,47+/m1/s1. The number of aliphatic carboxylic acids is 1. The number of hydrogen-bond acceptors (Lipinski definition) is 15. The molecule has 8 rings (SSSR count). The lowest BCUT2D eigenvalue weighted by Crippen LogP contribution is -2.67. The smallest absolute Gasteiger partial charge is 0.310 e. The minimum Gasteiger partial charge on any atom is -0.481 e. The second kappa shape index (κ2) is 17.0. The van der Waals surface area contributed by atoms with Gasteiger partial charge in [-0.1, -0.05) is 60.1 Å². The Kier molecular flexibility index (Phi) is 13.0. The second-order valence-electron chi connectivity index (χ2n) is 22.4. The van der Waals surface area contributed by atoms with Crippen molar-refractivity contribution < 1.29 is 79.2 Å². The molecule has 3 heterocycles. The molecular formula is C47H76O16. The lowest BCUT2D eigenvalue weighted by molar-refractivity contribution is -0.388. The van der Waals surface area contributed by atoms with E-state index in [4.69, 9.17) is 28.4 Å². The van der Waals surface area contributed by atoms with Crippen molar-refractivity contribution in [1.29, 1.82) is 0 Å². The highest BCUT2D eigenvalue weighted by atomic mass is 16.8. The summed E-state index contributed by atoms with van der Waals surface area (Å²) in [6.07, 6.45) is -11.3. The van der Waals surface area contributed by atoms with Crippen molar-refractivity contribution in [3.05, 3.63) is 11.6 Å². The molecule has 4 saturated carbocycles. The summed E-state index contributed by atoms with van der Waals surface area (Å²) in [5.74, 6) is 0.683. The Morgan fingerprint density at radius 1 is 0.714 bits per heavy atom. The minimum atomic E-state index is -1.80. The van der Waals surface area contributed by atoms with Crippen LogP contribution >= 0.6 is 0 Å². The van der Waals surface area contributed by atoms with Crippen molar-refractivity contribution in [3.8, 4) is 0 Å². The fraction of sp³-hybridized carbons (Fsp3) is 0.936. The molecule has 9 N–H and O–H groups in total. The number of hydrogen-bond donors (Lipinski definition) is 9. The zero-order valence-electron chi connectivity index (χ0n) is 38.3. The van der Waals surface area contributed by atoms with Crippen LogP contribution in [0.15, 0.2) is 11.6 Å². The minimum absolute atomic E-state index is 0.0238. The van der Waals surface area contributed by atoms with Crippen molar-refractivity contribution in [3.63, 3.8) is 0 Å². The predicted octanol–water partition coefficient (Wildman–Crippen LogP) is 2.23. The van der Waals surface area contributed by atoms with Crippen LogP contribution in [0.5, 0.6) is 0 Å². The molecule has 7 fully saturated rings. The molecule has 8 aliphatic rings. The van der Waals surface area contributed by atoms with Gasteiger partial charge in [-0.05, 0) is 116 Å². The molecule has 16 heteroatoms. The van der Waals surface area contributed by atoms with Crippen LogP contribution < -0.4 is 0 Å². The van der Waals surface area contributed by atoms with E-state index in [-0.39, 0.29) is 40.6 Å². The van der Waals surface area contributed by atoms with Crippen LogP contribution in [0, 0.1) is 56.7 Å². The van der Waals surface area contributed by atoms with Crippen LogP contribution in [0.2, 0.25) is 0 Å². The van der Waals surface area contributed by atoms with Gasteiger partial charge in [0.1, 0.15) is 61.0 Å². The summed E-state index contributed by atoms with van der Waals surface area (Å²) in [5, 5.41) is 96.2. The molecule has 360 valence electrons. The molecule has 0 unspecified atom stereocenters. The number of ether oxygens (including phenoxy) is 6. The highest BCUT2D eigenvalue weighted by Gasteiger charge is 2.70. The van der Waals surface area contributed by atoms with Crippen molar-refractivity contribution in [1.82, 2.24) is 0 Å². The van der Waals surface area contributed by atoms with E-state index in [1.807, 2.05) is 0 Å². The normalized spacial score (nSPS) is 55.7. The van der Waals surface area contributed by atoms with Gasteiger partial charge in [0.2, 0.25) is 0 Å². The Hall–Kier alpha value is -1.35. The second-order valence-corrected chi connectivity index (χ2v) is 22.4. The Morgan fingerprint density at radius 2 is 1.37 bits per heavy atom. The van der Waals surface area contributed by atoms with Crippen molar-refractivity contribution in [2.45, 2.75) is 205 Å². The lowest BCUT2D eigenvalue weighted by atomic mass is 9.33. The van der Waals surface area contributed by atoms with E-state index in [0.29, 0.717) is 24.7 Å². The monoisotopic (exact) mass is 897 g/mol. The van der Waals surface area contributed by atoms with E-state index < -0.39 is 116 Å². The summed E-state index contributed by atoms with van der Waals surface area (Å²) in [7, 11) is 0. The maximum Gasteiger partial charge on any atom is 0.310 e. The van der Waals surface area contributed by atoms with Crippen LogP contribution in [0.25, 0.3) is 0 Å². The first-order valence-corrected chi connectivity index (χ1v) is 23.7. The van der Waals surface area contributed by atoms with Crippen LogP contribution in [-0.2, 0) is 33.2 Å². The first kappa shape index (κ1) is 48.1. The summed E-state index contributed by atoms with van der Waals surface area (Å²) in [6, 6.07) is 0. The average molecular weight is 897 g/mol. The molecule has 3 aliphatic heterocycles. The first-order valence-electron chi connectivity index (χ1n) is 23.7. The predicted molar refractivity (Wildman–Crippen MR) is 223 cm³/mol. The van der Waals surface area contributed by atoms with Gasteiger partial charge >= 0.3 is 5.97 Å². The number of carboxylic acid groups (broad SMARTS) is 1. The quantitative estimate of drug-likeness (QED) is 0.125. The van der Waals surface area contributed by atoms with Gasteiger partial charge in [0.15, 0.2) is 18.9 Å². The van der Waals surface area contributed by atoms with E-state index in [9.17, 15) is 50.8 Å². The summed E-state index contributed by atoms with van der Waals surface area (Å²) < 4.78 is 37.1. The summed E-state index contributed by atoms with van der Waals surface area (Å²) in [6.45, 7) is 16.9. The van der Waals surface area contributed by atoms with Crippen LogP contribution in [0.3, 0.4) is 0 Å². The fourth-order valence-electron chi connectivity index (χ4n) is 15.0. The van der Waals surface area contributed by atoms with Crippen molar-refractivity contribution in [2.24, 2.45) is 56.7 Å². The van der Waals surface area contributed by atoms with Gasteiger partial charge in [-0.25, -0.2) is 0 Å². The molecule has 0 aromatic carbocycles. The molecule has 5 aliphatic carbocycles. The van der Waals surface area contributed by atoms with E-state index in [2.05, 4.69) is 54.5 Å². The molecule has 0 amide bonds. The maximum absolute atomic E-state index is 13.2. The largest absolute Gasteiger partial charge is 0.481 e. The molecule has 0 bridgehead atoms. The molecular weight excluding hydrogens is 821 g/mol. The molecule has 3 saturated heterocycles. The highest BCUT2D eigenvalue weighted by molar-refractivity contribution is 5.76. The number of allylic oxidation sites excluding steroid dienone is 2. The number of rotatable bonds is 8. The van der Waals surface area contributed by atoms with E-state index in [1.165, 1.54) is 12.5 Å². The zero-order valence-corrected chi connectivity index (χ0v) is 38.3. The van der Waals surface area contributed by atoms with Gasteiger partial charge in [0.25, 0.3) is 0 Å². The van der Waals surface area contributed by atoms with Gasteiger partial charge in [0.05, 0.1) is 30.8 Å².